The van der Waals surface area contributed by atoms with Crippen molar-refractivity contribution in [2.45, 2.75) is 63.3 Å². The highest BCUT2D eigenvalue weighted by Crippen LogP contribution is 2.24. The highest BCUT2D eigenvalue weighted by molar-refractivity contribution is 7.83. The van der Waals surface area contributed by atoms with Crippen molar-refractivity contribution in [2.75, 3.05) is 7.11 Å². The van der Waals surface area contributed by atoms with E-state index in [1.165, 1.54) is 14.0 Å². The summed E-state index contributed by atoms with van der Waals surface area (Å²) >= 11 is 4.23. The molecule has 0 aliphatic heterocycles. The second-order valence-electron chi connectivity index (χ2n) is 8.24. The van der Waals surface area contributed by atoms with Gasteiger partial charge in [0.1, 0.15) is 16.8 Å². The molecule has 182 valence electrons. The van der Waals surface area contributed by atoms with Crippen molar-refractivity contribution in [2.24, 2.45) is 5.92 Å². The summed E-state index contributed by atoms with van der Waals surface area (Å²) in [6, 6.07) is 6.52. The van der Waals surface area contributed by atoms with Gasteiger partial charge in [-0.2, -0.15) is 12.6 Å². The van der Waals surface area contributed by atoms with Crippen LogP contribution in [0.15, 0.2) is 30.3 Å². The zero-order valence-corrected chi connectivity index (χ0v) is 20.2. The van der Waals surface area contributed by atoms with Gasteiger partial charge in [0, 0.05) is 12.8 Å². The van der Waals surface area contributed by atoms with Crippen molar-refractivity contribution in [3.63, 3.8) is 0 Å². The number of hydrogen-bond donors (Lipinski definition) is 4. The lowest BCUT2D eigenvalue weighted by Gasteiger charge is -2.28. The Bertz CT molecular complexity index is 860. The van der Waals surface area contributed by atoms with Crippen LogP contribution in [0, 0.1) is 5.92 Å². The molecule has 0 aromatic heterocycles. The van der Waals surface area contributed by atoms with Crippen molar-refractivity contribution in [1.82, 2.24) is 10.6 Å². The van der Waals surface area contributed by atoms with Crippen molar-refractivity contribution >= 4 is 42.2 Å². The van der Waals surface area contributed by atoms with E-state index >= 15 is 0 Å². The fourth-order valence-corrected chi connectivity index (χ4v) is 3.31. The van der Waals surface area contributed by atoms with Gasteiger partial charge in [-0.3, -0.25) is 19.2 Å². The second kappa shape index (κ2) is 13.0. The predicted molar refractivity (Wildman–Crippen MR) is 125 cm³/mol. The Kier molecular flexibility index (Phi) is 11.1. The molecule has 1 aromatic carbocycles. The lowest BCUT2D eigenvalue weighted by molar-refractivity contribution is -0.142. The Morgan fingerprint density at radius 3 is 2.15 bits per heavy atom. The molecule has 0 aliphatic rings. The average molecular weight is 481 g/mol. The third-order valence-electron chi connectivity index (χ3n) is 5.10. The Morgan fingerprint density at radius 2 is 1.67 bits per heavy atom. The summed E-state index contributed by atoms with van der Waals surface area (Å²) in [5.74, 6) is -3.97. The number of ketones is 1. The van der Waals surface area contributed by atoms with Crippen LogP contribution in [0.25, 0.3) is 0 Å². The van der Waals surface area contributed by atoms with E-state index < -0.39 is 46.4 Å². The second-order valence-corrected chi connectivity index (χ2v) is 9.00. The largest absolute Gasteiger partial charge is 0.480 e. The summed E-state index contributed by atoms with van der Waals surface area (Å²) in [6.45, 7) is 4.84. The van der Waals surface area contributed by atoms with Crippen molar-refractivity contribution in [3.05, 3.63) is 35.9 Å². The molecule has 0 saturated carbocycles. The number of carbonyl (C=O) groups is 5. The molecule has 0 aliphatic carbocycles. The van der Waals surface area contributed by atoms with Crippen LogP contribution in [0.2, 0.25) is 0 Å². The Morgan fingerprint density at radius 1 is 1.06 bits per heavy atom. The summed E-state index contributed by atoms with van der Waals surface area (Å²) in [4.78, 5) is 61.3. The molecule has 3 N–H and O–H groups in total. The highest BCUT2D eigenvalue weighted by atomic mass is 32.1. The lowest BCUT2D eigenvalue weighted by Crippen LogP contribution is -2.57. The molecule has 0 spiro atoms. The molecule has 2 unspecified atom stereocenters. The molecule has 0 saturated heterocycles. The first-order valence-corrected chi connectivity index (χ1v) is 11.0. The van der Waals surface area contributed by atoms with E-state index in [2.05, 4.69) is 28.0 Å². The third-order valence-corrected chi connectivity index (χ3v) is 5.84. The first-order chi connectivity index (χ1) is 15.4. The number of amides is 2. The van der Waals surface area contributed by atoms with Gasteiger partial charge in [-0.1, -0.05) is 44.2 Å². The van der Waals surface area contributed by atoms with Crippen LogP contribution >= 0.6 is 12.6 Å². The van der Waals surface area contributed by atoms with Gasteiger partial charge in [-0.25, -0.2) is 4.79 Å². The summed E-state index contributed by atoms with van der Waals surface area (Å²) in [6.07, 6.45) is -0.167. The molecular formula is C23H32N2O7S. The predicted octanol–water partition coefficient (Wildman–Crippen LogP) is 1.54. The number of Topliss-reactive ketones (excluding diaryl/α,β-unsaturated/α-hetero) is 1. The van der Waals surface area contributed by atoms with Gasteiger partial charge in [-0.05, 0) is 31.2 Å². The molecule has 0 bridgehead atoms. The molecule has 33 heavy (non-hydrogen) atoms. The zero-order valence-electron chi connectivity index (χ0n) is 19.3. The first-order valence-electron chi connectivity index (χ1n) is 10.6. The minimum Gasteiger partial charge on any atom is -0.480 e. The molecule has 0 heterocycles. The van der Waals surface area contributed by atoms with Gasteiger partial charge in [0.05, 0.1) is 7.11 Å². The minimum atomic E-state index is -1.85. The van der Waals surface area contributed by atoms with Crippen molar-refractivity contribution in [1.29, 1.82) is 0 Å². The van der Waals surface area contributed by atoms with Gasteiger partial charge in [0.2, 0.25) is 11.8 Å². The van der Waals surface area contributed by atoms with E-state index in [-0.39, 0.29) is 31.6 Å². The molecule has 0 radical (unpaired) electrons. The number of benzene rings is 1. The maximum Gasteiger partial charge on any atom is 0.326 e. The number of nitrogens with one attached hydrogen (secondary N) is 2. The lowest BCUT2D eigenvalue weighted by atomic mass is 9.95. The summed E-state index contributed by atoms with van der Waals surface area (Å²) in [5.41, 5.74) is 0.725. The molecular weight excluding hydrogens is 448 g/mol. The monoisotopic (exact) mass is 480 g/mol. The normalized spacial score (nSPS) is 14.5. The van der Waals surface area contributed by atoms with Gasteiger partial charge < -0.3 is 20.5 Å². The number of aliphatic carboxylic acids is 1. The van der Waals surface area contributed by atoms with Crippen LogP contribution in [-0.2, 0) is 35.1 Å². The molecule has 9 nitrogen and oxygen atoms in total. The minimum absolute atomic E-state index is 0.0276. The van der Waals surface area contributed by atoms with E-state index in [1.54, 1.807) is 30.3 Å². The van der Waals surface area contributed by atoms with Gasteiger partial charge in [-0.15, -0.1) is 0 Å². The first kappa shape index (κ1) is 28.2. The van der Waals surface area contributed by atoms with E-state index in [9.17, 15) is 29.1 Å². The fourth-order valence-electron chi connectivity index (χ4n) is 3.14. The Hall–Kier alpha value is -2.88. The fraction of sp³-hybridized carbons (Fsp3) is 0.522. The van der Waals surface area contributed by atoms with Crippen LogP contribution in [0.4, 0.5) is 0 Å². The Labute approximate surface area is 199 Å². The third kappa shape index (κ3) is 8.88. The van der Waals surface area contributed by atoms with Gasteiger partial charge in [0.15, 0.2) is 5.78 Å². The number of esters is 1. The van der Waals surface area contributed by atoms with Crippen LogP contribution in [0.3, 0.4) is 0 Å². The number of ether oxygens (including phenoxy) is 1. The maximum atomic E-state index is 13.0. The van der Waals surface area contributed by atoms with Gasteiger partial charge >= 0.3 is 11.9 Å². The zero-order chi connectivity index (χ0) is 25.2. The molecule has 2 amide bonds. The smallest absolute Gasteiger partial charge is 0.326 e. The molecule has 0 fully saturated rings. The van der Waals surface area contributed by atoms with E-state index in [0.717, 1.165) is 5.56 Å². The van der Waals surface area contributed by atoms with Crippen LogP contribution < -0.4 is 10.6 Å². The van der Waals surface area contributed by atoms with E-state index in [1.807, 2.05) is 13.8 Å². The Balaban J connectivity index is 3.02. The maximum absolute atomic E-state index is 13.0. The molecule has 3 atom stereocenters. The number of hydrogen-bond acceptors (Lipinski definition) is 7. The molecule has 1 aromatic rings. The number of carbonyl (C=O) groups excluding carboxylic acids is 4. The standard InChI is InChI=1S/C23H32N2O7S/c1-14(2)12-17(25-22(31)23(33,15(3)26)11-10-19(27)32-4)20(28)24-18(21(29)30)13-16-8-6-5-7-9-16/h5-9,14,17-18,33H,10-13H2,1-4H3,(H,24,28)(H,25,31)(H,29,30)/t17?,18-,23?/m0/s1. The number of rotatable bonds is 13. The molecule has 10 heteroatoms. The van der Waals surface area contributed by atoms with Crippen molar-refractivity contribution < 1.29 is 33.8 Å². The quantitative estimate of drug-likeness (QED) is 0.191. The summed E-state index contributed by atoms with van der Waals surface area (Å²) < 4.78 is 2.71. The van der Waals surface area contributed by atoms with E-state index in [4.69, 9.17) is 0 Å². The summed E-state index contributed by atoms with van der Waals surface area (Å²) in [7, 11) is 1.19. The van der Waals surface area contributed by atoms with Crippen LogP contribution in [-0.4, -0.2) is 58.6 Å². The van der Waals surface area contributed by atoms with Gasteiger partial charge in [0.25, 0.3) is 0 Å². The average Bonchev–Trinajstić information content (AvgIpc) is 2.76. The van der Waals surface area contributed by atoms with Crippen LogP contribution in [0.1, 0.15) is 45.6 Å². The topological polar surface area (TPSA) is 139 Å². The van der Waals surface area contributed by atoms with E-state index in [0.29, 0.717) is 0 Å². The van der Waals surface area contributed by atoms with Crippen molar-refractivity contribution in [3.8, 4) is 0 Å². The SMILES string of the molecule is COC(=O)CCC(S)(C(C)=O)C(=O)NC(CC(C)C)C(=O)N[C@@H](Cc1ccccc1)C(=O)O. The molecule has 1 rings (SSSR count). The number of thiol groups is 1. The highest BCUT2D eigenvalue weighted by Gasteiger charge is 2.42. The number of carboxylic acids is 1. The number of methoxy groups -OCH3 is 1. The van der Waals surface area contributed by atoms with Crippen LogP contribution in [0.5, 0.6) is 0 Å². The number of carboxylic acid groups (broad SMARTS) is 1. The summed E-state index contributed by atoms with van der Waals surface area (Å²) in [5, 5.41) is 14.6.